The average Bonchev–Trinajstić information content (AvgIpc) is 3.03. The molecule has 0 radical (unpaired) electrons. The van der Waals surface area contributed by atoms with Crippen LogP contribution in [0, 0.1) is 0 Å². The third-order valence-corrected chi connectivity index (χ3v) is 4.79. The lowest BCUT2D eigenvalue weighted by atomic mass is 9.86. The molecule has 2 atom stereocenters. The van der Waals surface area contributed by atoms with E-state index in [1.54, 1.807) is 0 Å². The number of fused-ring (bicyclic) bond motifs is 2. The maximum absolute atomic E-state index is 11.1. The number of para-hydroxylation sites is 1. The fourth-order valence-electron chi connectivity index (χ4n) is 3.76. The smallest absolute Gasteiger partial charge is 0.108 e. The third-order valence-electron chi connectivity index (χ3n) is 4.79. The summed E-state index contributed by atoms with van der Waals surface area (Å²) in [4.78, 5) is 6.93. The average molecular weight is 254 g/mol. The number of aromatic nitrogens is 1. The molecule has 98 valence electrons. The number of rotatable bonds is 1. The summed E-state index contributed by atoms with van der Waals surface area (Å²) in [6, 6.07) is 10.5. The molecule has 2 fully saturated rings. The van der Waals surface area contributed by atoms with Crippen molar-refractivity contribution >= 4 is 10.9 Å². The van der Waals surface area contributed by atoms with Gasteiger partial charge in [0.25, 0.3) is 0 Å². The zero-order chi connectivity index (χ0) is 12.9. The van der Waals surface area contributed by atoms with Crippen LogP contribution in [0.3, 0.4) is 0 Å². The molecule has 0 spiro atoms. The van der Waals surface area contributed by atoms with Crippen molar-refractivity contribution in [2.45, 2.75) is 30.9 Å². The Kier molecular flexibility index (Phi) is 2.41. The monoisotopic (exact) mass is 254 g/mol. The Morgan fingerprint density at radius 3 is 3.11 bits per heavy atom. The molecular weight excluding hydrogens is 236 g/mol. The van der Waals surface area contributed by atoms with Crippen molar-refractivity contribution in [2.24, 2.45) is 0 Å². The lowest BCUT2D eigenvalue weighted by Gasteiger charge is -2.30. The van der Waals surface area contributed by atoms with Crippen LogP contribution in [0.2, 0.25) is 0 Å². The number of pyridine rings is 1. The molecule has 19 heavy (non-hydrogen) atoms. The maximum Gasteiger partial charge on any atom is 0.108 e. The van der Waals surface area contributed by atoms with Crippen LogP contribution in [0.4, 0.5) is 0 Å². The normalized spacial score (nSPS) is 30.9. The SMILES string of the molecule is OC1(c2cnc3ccccc3c2)CCN2CCCC21. The minimum atomic E-state index is -0.701. The molecule has 3 heteroatoms. The van der Waals surface area contributed by atoms with Crippen molar-refractivity contribution in [3.05, 3.63) is 42.1 Å². The van der Waals surface area contributed by atoms with E-state index in [1.807, 2.05) is 24.4 Å². The second-order valence-electron chi connectivity index (χ2n) is 5.78. The summed E-state index contributed by atoms with van der Waals surface area (Å²) in [5.41, 5.74) is 1.28. The van der Waals surface area contributed by atoms with Crippen molar-refractivity contribution in [1.82, 2.24) is 9.88 Å². The predicted octanol–water partition coefficient (Wildman–Crippen LogP) is 2.29. The molecule has 1 N–H and O–H groups in total. The minimum Gasteiger partial charge on any atom is -0.383 e. The van der Waals surface area contributed by atoms with Gasteiger partial charge in [0.15, 0.2) is 0 Å². The number of aliphatic hydroxyl groups is 1. The number of nitrogens with zero attached hydrogens (tertiary/aromatic N) is 2. The van der Waals surface area contributed by atoms with Crippen LogP contribution in [0.25, 0.3) is 10.9 Å². The topological polar surface area (TPSA) is 36.4 Å². The summed E-state index contributed by atoms with van der Waals surface area (Å²) in [6.45, 7) is 2.14. The first kappa shape index (κ1) is 11.4. The molecule has 4 rings (SSSR count). The van der Waals surface area contributed by atoms with Crippen molar-refractivity contribution in [1.29, 1.82) is 0 Å². The lowest BCUT2D eigenvalue weighted by Crippen LogP contribution is -2.38. The summed E-state index contributed by atoms with van der Waals surface area (Å²) in [5.74, 6) is 0. The van der Waals surface area contributed by atoms with Gasteiger partial charge in [-0.15, -0.1) is 0 Å². The summed E-state index contributed by atoms with van der Waals surface area (Å²) >= 11 is 0. The fourth-order valence-corrected chi connectivity index (χ4v) is 3.76. The van der Waals surface area contributed by atoms with Crippen molar-refractivity contribution in [2.75, 3.05) is 13.1 Å². The standard InChI is InChI=1S/C16H18N2O/c19-16(7-9-18-8-3-6-15(16)18)13-10-12-4-1-2-5-14(12)17-11-13/h1-2,4-5,10-11,15,19H,3,6-9H2. The van der Waals surface area contributed by atoms with Gasteiger partial charge in [-0.3, -0.25) is 9.88 Å². The Morgan fingerprint density at radius 2 is 2.16 bits per heavy atom. The molecule has 0 bridgehead atoms. The van der Waals surface area contributed by atoms with Gasteiger partial charge in [-0.25, -0.2) is 0 Å². The van der Waals surface area contributed by atoms with Crippen LogP contribution in [0.15, 0.2) is 36.5 Å². The second-order valence-corrected chi connectivity index (χ2v) is 5.78. The summed E-state index contributed by atoms with van der Waals surface area (Å²) in [6.07, 6.45) is 5.00. The summed E-state index contributed by atoms with van der Waals surface area (Å²) in [5, 5.41) is 12.2. The van der Waals surface area contributed by atoms with E-state index >= 15 is 0 Å². The predicted molar refractivity (Wildman–Crippen MR) is 74.9 cm³/mol. The quantitative estimate of drug-likeness (QED) is 0.848. The highest BCUT2D eigenvalue weighted by atomic mass is 16.3. The Hall–Kier alpha value is -1.45. The number of benzene rings is 1. The van der Waals surface area contributed by atoms with E-state index in [0.717, 1.165) is 42.4 Å². The van der Waals surface area contributed by atoms with Gasteiger partial charge in [0.05, 0.1) is 5.52 Å². The van der Waals surface area contributed by atoms with Crippen molar-refractivity contribution < 1.29 is 5.11 Å². The van der Waals surface area contributed by atoms with E-state index in [-0.39, 0.29) is 6.04 Å². The lowest BCUT2D eigenvalue weighted by molar-refractivity contribution is 0.00922. The van der Waals surface area contributed by atoms with E-state index in [9.17, 15) is 5.11 Å². The molecule has 0 amide bonds. The highest BCUT2D eigenvalue weighted by molar-refractivity contribution is 5.79. The first-order valence-corrected chi connectivity index (χ1v) is 7.09. The van der Waals surface area contributed by atoms with Crippen LogP contribution in [0.1, 0.15) is 24.8 Å². The van der Waals surface area contributed by atoms with E-state index < -0.39 is 5.60 Å². The number of hydrogen-bond donors (Lipinski definition) is 1. The molecule has 0 saturated carbocycles. The van der Waals surface area contributed by atoms with Crippen LogP contribution in [-0.2, 0) is 5.60 Å². The fraction of sp³-hybridized carbons (Fsp3) is 0.438. The molecule has 2 saturated heterocycles. The zero-order valence-corrected chi connectivity index (χ0v) is 10.9. The molecular formula is C16H18N2O. The molecule has 1 aromatic heterocycles. The summed E-state index contributed by atoms with van der Waals surface area (Å²) in [7, 11) is 0. The largest absolute Gasteiger partial charge is 0.383 e. The zero-order valence-electron chi connectivity index (χ0n) is 10.9. The van der Waals surface area contributed by atoms with Gasteiger partial charge in [-0.05, 0) is 37.9 Å². The van der Waals surface area contributed by atoms with Crippen LogP contribution in [-0.4, -0.2) is 34.1 Å². The van der Waals surface area contributed by atoms with Crippen LogP contribution >= 0.6 is 0 Å². The Morgan fingerprint density at radius 1 is 1.26 bits per heavy atom. The first-order chi connectivity index (χ1) is 9.27. The van der Waals surface area contributed by atoms with Crippen molar-refractivity contribution in [3.8, 4) is 0 Å². The Balaban J connectivity index is 1.81. The van der Waals surface area contributed by atoms with Gasteiger partial charge in [-0.2, -0.15) is 0 Å². The van der Waals surface area contributed by atoms with E-state index in [0.29, 0.717) is 0 Å². The van der Waals surface area contributed by atoms with E-state index in [2.05, 4.69) is 22.0 Å². The van der Waals surface area contributed by atoms with Gasteiger partial charge >= 0.3 is 0 Å². The summed E-state index contributed by atoms with van der Waals surface area (Å²) < 4.78 is 0. The Labute approximate surface area is 112 Å². The molecule has 2 aromatic rings. The van der Waals surface area contributed by atoms with Gasteiger partial charge < -0.3 is 5.11 Å². The number of hydrogen-bond acceptors (Lipinski definition) is 3. The van der Waals surface area contributed by atoms with Gasteiger partial charge in [0, 0.05) is 29.7 Å². The molecule has 2 aliphatic rings. The minimum absolute atomic E-state index is 0.287. The molecule has 0 aliphatic carbocycles. The van der Waals surface area contributed by atoms with E-state index in [4.69, 9.17) is 0 Å². The first-order valence-electron chi connectivity index (χ1n) is 7.09. The Bertz CT molecular complexity index is 627. The molecule has 2 unspecified atom stereocenters. The molecule has 1 aromatic carbocycles. The van der Waals surface area contributed by atoms with Gasteiger partial charge in [-0.1, -0.05) is 18.2 Å². The van der Waals surface area contributed by atoms with Crippen LogP contribution < -0.4 is 0 Å². The van der Waals surface area contributed by atoms with E-state index in [1.165, 1.54) is 6.42 Å². The maximum atomic E-state index is 11.1. The van der Waals surface area contributed by atoms with Gasteiger partial charge in [0.1, 0.15) is 5.60 Å². The second kappa shape index (κ2) is 4.02. The van der Waals surface area contributed by atoms with Crippen molar-refractivity contribution in [3.63, 3.8) is 0 Å². The highest BCUT2D eigenvalue weighted by Crippen LogP contribution is 2.43. The molecule has 3 nitrogen and oxygen atoms in total. The van der Waals surface area contributed by atoms with Crippen LogP contribution in [0.5, 0.6) is 0 Å². The highest BCUT2D eigenvalue weighted by Gasteiger charge is 2.49. The third kappa shape index (κ3) is 1.62. The molecule has 3 heterocycles. The van der Waals surface area contributed by atoms with Gasteiger partial charge in [0.2, 0.25) is 0 Å². The molecule has 2 aliphatic heterocycles.